The molecular formula is C42H28Ag2N6O12. The standard InChI is InChI=1S/2C12H9N3.2C9H6O6.2Ag/c2*1-2-6-11-10(5-1)14-12(15-11)9-4-3-7-13-8-9;2*10-7(11)4-1-5(8(12)13)3-6(2-4)9(14)15;;/h2*1-8H,(H,14,15);2*1-3H,(H,10,11)(H,12,13)(H,14,15);;/q;;;;2*+1/p-2. The van der Waals surface area contributed by atoms with Crippen molar-refractivity contribution >= 4 is 57.9 Å². The number of para-hydroxylation sites is 4. The van der Waals surface area contributed by atoms with E-state index in [4.69, 9.17) is 20.4 Å². The Hall–Kier alpha value is -7.58. The number of hydrogen-bond acceptors (Lipinski definition) is 12. The summed E-state index contributed by atoms with van der Waals surface area (Å²) < 4.78 is 0. The molecule has 0 fully saturated rings. The van der Waals surface area contributed by atoms with E-state index in [2.05, 4.69) is 29.9 Å². The van der Waals surface area contributed by atoms with E-state index < -0.39 is 69.2 Å². The van der Waals surface area contributed by atoms with Crippen molar-refractivity contribution in [2.75, 3.05) is 0 Å². The van der Waals surface area contributed by atoms with E-state index in [0.717, 1.165) is 81.2 Å². The summed E-state index contributed by atoms with van der Waals surface area (Å²) >= 11 is 0. The van der Waals surface area contributed by atoms with Crippen molar-refractivity contribution in [2.24, 2.45) is 0 Å². The van der Waals surface area contributed by atoms with Crippen LogP contribution < -0.4 is 10.2 Å². The maximum atomic E-state index is 10.5. The number of nitrogens with zero attached hydrogens (tertiary/aromatic N) is 4. The molecular weight excluding hydrogens is 996 g/mol. The Morgan fingerprint density at radius 3 is 1.00 bits per heavy atom. The molecule has 6 N–H and O–H groups in total. The van der Waals surface area contributed by atoms with Gasteiger partial charge in [0.2, 0.25) is 0 Å². The Balaban J connectivity index is 0.000000218. The molecule has 0 radical (unpaired) electrons. The zero-order valence-corrected chi connectivity index (χ0v) is 34.1. The first-order chi connectivity index (χ1) is 28.7. The number of aromatic nitrogens is 6. The van der Waals surface area contributed by atoms with Gasteiger partial charge in [0.15, 0.2) is 0 Å². The molecule has 62 heavy (non-hydrogen) atoms. The largest absolute Gasteiger partial charge is 1.00 e. The Morgan fingerprint density at radius 1 is 0.435 bits per heavy atom. The van der Waals surface area contributed by atoms with Crippen molar-refractivity contribution in [1.82, 2.24) is 29.9 Å². The van der Waals surface area contributed by atoms with Gasteiger partial charge in [-0.1, -0.05) is 24.3 Å². The molecule has 0 unspecified atom stereocenters. The third-order valence-corrected chi connectivity index (χ3v) is 7.97. The molecule has 20 heteroatoms. The van der Waals surface area contributed by atoms with Crippen LogP contribution >= 0.6 is 0 Å². The number of pyridine rings is 2. The van der Waals surface area contributed by atoms with E-state index in [1.165, 1.54) is 0 Å². The van der Waals surface area contributed by atoms with Gasteiger partial charge in [-0.3, -0.25) is 9.97 Å². The number of carbonyl (C=O) groups excluding carboxylic acids is 2. The van der Waals surface area contributed by atoms with Crippen LogP contribution in [0.3, 0.4) is 0 Å². The number of rotatable bonds is 8. The van der Waals surface area contributed by atoms with E-state index in [1.807, 2.05) is 72.8 Å². The first-order valence-corrected chi connectivity index (χ1v) is 17.1. The van der Waals surface area contributed by atoms with Crippen LogP contribution in [0.25, 0.3) is 44.8 Å². The molecule has 0 aliphatic heterocycles. The molecule has 18 nitrogen and oxygen atoms in total. The molecule has 0 aliphatic carbocycles. The van der Waals surface area contributed by atoms with Gasteiger partial charge in [0.05, 0.1) is 56.3 Å². The number of carbonyl (C=O) groups is 6. The molecule has 0 amide bonds. The van der Waals surface area contributed by atoms with Gasteiger partial charge in [0, 0.05) is 35.9 Å². The number of H-pyrrole nitrogens is 2. The molecule has 0 atom stereocenters. The fourth-order valence-corrected chi connectivity index (χ4v) is 5.17. The van der Waals surface area contributed by atoms with E-state index >= 15 is 0 Å². The normalized spacial score (nSPS) is 9.81. The average molecular weight is 1020 g/mol. The molecule has 0 saturated heterocycles. The van der Waals surface area contributed by atoms with E-state index in [9.17, 15) is 39.0 Å². The second kappa shape index (κ2) is 22.7. The molecule has 0 aliphatic rings. The molecule has 8 aromatic rings. The molecule has 0 spiro atoms. The summed E-state index contributed by atoms with van der Waals surface area (Å²) in [5.74, 6) is -7.13. The van der Waals surface area contributed by atoms with E-state index in [0.29, 0.717) is 0 Å². The predicted molar refractivity (Wildman–Crippen MR) is 208 cm³/mol. The third kappa shape index (κ3) is 13.2. The van der Waals surface area contributed by atoms with Crippen LogP contribution in [0.2, 0.25) is 0 Å². The van der Waals surface area contributed by atoms with Crippen molar-refractivity contribution in [3.8, 4) is 22.8 Å². The van der Waals surface area contributed by atoms with Crippen LogP contribution in [-0.2, 0) is 44.8 Å². The summed E-state index contributed by atoms with van der Waals surface area (Å²) in [6.07, 6.45) is 7.12. The average Bonchev–Trinajstić information content (AvgIpc) is 3.90. The summed E-state index contributed by atoms with van der Waals surface area (Å²) in [7, 11) is 0. The van der Waals surface area contributed by atoms with Gasteiger partial charge in [-0.25, -0.2) is 29.1 Å². The topological polar surface area (TPSA) is 313 Å². The number of carboxylic acid groups (broad SMARTS) is 6. The molecule has 8 rings (SSSR count). The van der Waals surface area contributed by atoms with E-state index in [1.54, 1.807) is 24.8 Å². The van der Waals surface area contributed by atoms with Gasteiger partial charge in [-0.15, -0.1) is 0 Å². The fraction of sp³-hybridized carbons (Fsp3) is 0. The minimum atomic E-state index is -1.62. The van der Waals surface area contributed by atoms with Crippen LogP contribution in [0.1, 0.15) is 62.1 Å². The second-order valence-corrected chi connectivity index (χ2v) is 12.1. The number of benzene rings is 4. The van der Waals surface area contributed by atoms with Gasteiger partial charge in [-0.05, 0) is 96.1 Å². The molecule has 4 aromatic carbocycles. The van der Waals surface area contributed by atoms with Crippen LogP contribution in [0.15, 0.2) is 134 Å². The summed E-state index contributed by atoms with van der Waals surface area (Å²) in [5.41, 5.74) is 3.49. The number of imidazole rings is 2. The predicted octanol–water partition coefficient (Wildman–Crippen LogP) is 4.14. The number of hydrogen-bond donors (Lipinski definition) is 6. The summed E-state index contributed by atoms with van der Waals surface area (Å²) in [5, 5.41) is 55.3. The van der Waals surface area contributed by atoms with Gasteiger partial charge < -0.3 is 50.2 Å². The van der Waals surface area contributed by atoms with Crippen molar-refractivity contribution in [3.63, 3.8) is 0 Å². The van der Waals surface area contributed by atoms with Gasteiger partial charge >= 0.3 is 68.6 Å². The Morgan fingerprint density at radius 2 is 0.742 bits per heavy atom. The van der Waals surface area contributed by atoms with Gasteiger partial charge in [-0.2, -0.15) is 0 Å². The molecule has 4 heterocycles. The minimum absolute atomic E-state index is 0. The fourth-order valence-electron chi connectivity index (χ4n) is 5.17. The second-order valence-electron chi connectivity index (χ2n) is 12.1. The van der Waals surface area contributed by atoms with Crippen LogP contribution in [-0.4, -0.2) is 86.1 Å². The Kier molecular flexibility index (Phi) is 17.9. The maximum absolute atomic E-state index is 10.5. The van der Waals surface area contributed by atoms with Gasteiger partial charge in [0.25, 0.3) is 0 Å². The number of fused-ring (bicyclic) bond motifs is 2. The Bertz CT molecular complexity index is 2450. The first-order valence-electron chi connectivity index (χ1n) is 17.1. The molecule has 0 saturated carbocycles. The Labute approximate surface area is 380 Å². The van der Waals surface area contributed by atoms with Crippen molar-refractivity contribution in [2.45, 2.75) is 0 Å². The van der Waals surface area contributed by atoms with Crippen LogP contribution in [0.5, 0.6) is 0 Å². The summed E-state index contributed by atoms with van der Waals surface area (Å²) in [4.78, 5) is 86.7. The number of aromatic carboxylic acids is 6. The van der Waals surface area contributed by atoms with Crippen molar-refractivity contribution in [1.29, 1.82) is 0 Å². The smallest absolute Gasteiger partial charge is 0.545 e. The van der Waals surface area contributed by atoms with Crippen molar-refractivity contribution in [3.05, 3.63) is 167 Å². The molecule has 320 valence electrons. The molecule has 0 bridgehead atoms. The minimum Gasteiger partial charge on any atom is -0.545 e. The van der Waals surface area contributed by atoms with Gasteiger partial charge in [0.1, 0.15) is 11.6 Å². The van der Waals surface area contributed by atoms with E-state index in [-0.39, 0.29) is 44.8 Å². The van der Waals surface area contributed by atoms with Crippen LogP contribution in [0.4, 0.5) is 0 Å². The zero-order valence-electron chi connectivity index (χ0n) is 31.1. The summed E-state index contributed by atoms with van der Waals surface area (Å²) in [6.45, 7) is 0. The maximum Gasteiger partial charge on any atom is 1.00 e. The van der Waals surface area contributed by atoms with Crippen LogP contribution in [0, 0.1) is 0 Å². The first kappa shape index (κ1) is 48.8. The third-order valence-electron chi connectivity index (χ3n) is 7.97. The number of carboxylic acids is 6. The monoisotopic (exact) mass is 1020 g/mol. The summed E-state index contributed by atoms with van der Waals surface area (Å²) in [6, 6.07) is 28.9. The number of aromatic amines is 2. The number of nitrogens with one attached hydrogen (secondary N) is 2. The SMILES string of the molecule is O=C([O-])c1cc(C(=O)O)cc(C(=O)O)c1.O=C([O-])c1cc(C(=O)O)cc(C(=O)O)c1.[Ag+].[Ag+].c1cncc(-c2nc3ccccc3[nH]2)c1.c1cncc(-c2nc3ccccc3[nH]2)c1. The zero-order chi connectivity index (χ0) is 43.3. The quantitative estimate of drug-likeness (QED) is 0.117. The molecule has 4 aromatic heterocycles. The van der Waals surface area contributed by atoms with Crippen molar-refractivity contribution < 1.29 is 104 Å².